The average Bonchev–Trinajstić information content (AvgIpc) is 3.70. The SMILES string of the molecule is COc1cccc(CNCC(O)[C@H](Cc2cc(F)cc(F)c2)NC(=O)[C@@H](CCc2ccc3c(c2)OCO3)N2CC[C@](CC3CC3)(NC(C)=O)C2=O)c1. The Kier molecular flexibility index (Phi) is 11.6. The second-order valence-electron chi connectivity index (χ2n) is 14.0. The van der Waals surface area contributed by atoms with Gasteiger partial charge >= 0.3 is 0 Å². The second-order valence-corrected chi connectivity index (χ2v) is 14.0. The van der Waals surface area contributed by atoms with Gasteiger partial charge in [0.25, 0.3) is 0 Å². The summed E-state index contributed by atoms with van der Waals surface area (Å²) in [6, 6.07) is 14.1. The predicted octanol–water partition coefficient (Wildman–Crippen LogP) is 3.79. The van der Waals surface area contributed by atoms with Gasteiger partial charge in [0.15, 0.2) is 11.5 Å². The van der Waals surface area contributed by atoms with Gasteiger partial charge in [0.05, 0.1) is 19.3 Å². The Morgan fingerprint density at radius 1 is 1.02 bits per heavy atom. The van der Waals surface area contributed by atoms with Crippen LogP contribution in [0, 0.1) is 17.6 Å². The number of halogens is 2. The van der Waals surface area contributed by atoms with Gasteiger partial charge in [-0.05, 0) is 91.1 Å². The fourth-order valence-electron chi connectivity index (χ4n) is 7.26. The van der Waals surface area contributed by atoms with Crippen LogP contribution < -0.4 is 30.2 Å². The molecule has 6 rings (SSSR count). The number of likely N-dealkylation sites (tertiary alicyclic amines) is 1. The molecule has 3 amide bonds. The number of benzene rings is 3. The van der Waals surface area contributed by atoms with Crippen LogP contribution >= 0.6 is 0 Å². The number of nitrogens with zero attached hydrogens (tertiary/aromatic N) is 1. The van der Waals surface area contributed by atoms with Crippen LogP contribution in [-0.2, 0) is 33.8 Å². The molecule has 2 fully saturated rings. The molecule has 11 nitrogen and oxygen atoms in total. The van der Waals surface area contributed by atoms with E-state index in [1.807, 2.05) is 36.4 Å². The standard InChI is InChI=1S/C39H46F2N4O7/c1-24(46)44-39(20-26-6-7-26)12-13-45(38(39)49)33(10-8-25-9-11-35-36(18-25)52-23-51-35)37(48)43-32(17-28-14-29(40)19-30(41)15-28)34(47)22-42-21-27-4-3-5-31(16-27)50-2/h3-5,9,11,14-16,18-19,26,32-34,42,47H,6-8,10,12-13,17,20-23H2,1-2H3,(H,43,48)(H,44,46)/t32-,33+,34?,39+/m0/s1. The van der Waals surface area contributed by atoms with E-state index in [4.69, 9.17) is 14.2 Å². The minimum atomic E-state index is -1.18. The van der Waals surface area contributed by atoms with E-state index in [-0.39, 0.29) is 50.1 Å². The molecule has 4 N–H and O–H groups in total. The summed E-state index contributed by atoms with van der Waals surface area (Å²) >= 11 is 0. The summed E-state index contributed by atoms with van der Waals surface area (Å²) in [5, 5.41) is 20.5. The molecule has 278 valence electrons. The molecule has 3 aromatic carbocycles. The summed E-state index contributed by atoms with van der Waals surface area (Å²) in [6.45, 7) is 2.17. The molecule has 0 spiro atoms. The van der Waals surface area contributed by atoms with Gasteiger partial charge in [-0.3, -0.25) is 14.4 Å². The highest BCUT2D eigenvalue weighted by molar-refractivity contribution is 5.96. The maximum atomic E-state index is 14.4. The largest absolute Gasteiger partial charge is 0.497 e. The predicted molar refractivity (Wildman–Crippen MR) is 188 cm³/mol. The molecule has 13 heteroatoms. The van der Waals surface area contributed by atoms with Crippen molar-refractivity contribution in [1.82, 2.24) is 20.9 Å². The van der Waals surface area contributed by atoms with Crippen LogP contribution in [0.5, 0.6) is 17.2 Å². The quantitative estimate of drug-likeness (QED) is 0.165. The average molecular weight is 721 g/mol. The summed E-state index contributed by atoms with van der Waals surface area (Å²) in [7, 11) is 1.57. The van der Waals surface area contributed by atoms with Crippen molar-refractivity contribution < 1.29 is 42.5 Å². The third-order valence-corrected chi connectivity index (χ3v) is 10.0. The first-order valence-corrected chi connectivity index (χ1v) is 17.8. The third-order valence-electron chi connectivity index (χ3n) is 10.0. The van der Waals surface area contributed by atoms with Gasteiger partial charge < -0.3 is 40.2 Å². The molecule has 52 heavy (non-hydrogen) atoms. The number of rotatable bonds is 17. The lowest BCUT2D eigenvalue weighted by Crippen LogP contribution is -2.59. The van der Waals surface area contributed by atoms with Crippen molar-refractivity contribution in [1.29, 1.82) is 0 Å². The van der Waals surface area contributed by atoms with Crippen LogP contribution in [0.15, 0.2) is 60.7 Å². The van der Waals surface area contributed by atoms with Crippen molar-refractivity contribution in [2.45, 2.75) is 82.1 Å². The smallest absolute Gasteiger partial charge is 0.249 e. The first kappa shape index (κ1) is 37.0. The Morgan fingerprint density at radius 3 is 2.52 bits per heavy atom. The Morgan fingerprint density at radius 2 is 1.79 bits per heavy atom. The van der Waals surface area contributed by atoms with Crippen LogP contribution in [0.4, 0.5) is 8.78 Å². The zero-order chi connectivity index (χ0) is 36.8. The number of hydrogen-bond acceptors (Lipinski definition) is 8. The minimum absolute atomic E-state index is 0.0392. The second kappa shape index (κ2) is 16.3. The molecule has 3 aromatic rings. The number of amides is 3. The molecule has 2 aliphatic heterocycles. The van der Waals surface area contributed by atoms with Crippen LogP contribution in [0.25, 0.3) is 0 Å². The van der Waals surface area contributed by atoms with Crippen LogP contribution in [-0.4, -0.2) is 78.4 Å². The van der Waals surface area contributed by atoms with Gasteiger partial charge in [-0.2, -0.15) is 0 Å². The first-order valence-electron chi connectivity index (χ1n) is 17.8. The Balaban J connectivity index is 1.24. The molecule has 0 aromatic heterocycles. The molecule has 0 bridgehead atoms. The number of ether oxygens (including phenoxy) is 3. The van der Waals surface area contributed by atoms with E-state index in [0.29, 0.717) is 49.0 Å². The monoisotopic (exact) mass is 720 g/mol. The van der Waals surface area contributed by atoms with E-state index in [2.05, 4.69) is 16.0 Å². The van der Waals surface area contributed by atoms with Crippen molar-refractivity contribution in [2.75, 3.05) is 27.0 Å². The summed E-state index contributed by atoms with van der Waals surface area (Å²) in [6.07, 6.45) is 2.19. The van der Waals surface area contributed by atoms with E-state index in [1.54, 1.807) is 13.2 Å². The van der Waals surface area contributed by atoms with Crippen molar-refractivity contribution >= 4 is 17.7 Å². The molecule has 3 aliphatic rings. The molecule has 1 aliphatic carbocycles. The van der Waals surface area contributed by atoms with E-state index >= 15 is 0 Å². The topological polar surface area (TPSA) is 138 Å². The fourth-order valence-corrected chi connectivity index (χ4v) is 7.26. The lowest BCUT2D eigenvalue weighted by atomic mass is 9.90. The van der Waals surface area contributed by atoms with Crippen molar-refractivity contribution in [2.24, 2.45) is 5.92 Å². The molecule has 1 saturated carbocycles. The van der Waals surface area contributed by atoms with E-state index in [1.165, 1.54) is 24.0 Å². The highest BCUT2D eigenvalue weighted by Crippen LogP contribution is 2.41. The zero-order valence-electron chi connectivity index (χ0n) is 29.5. The van der Waals surface area contributed by atoms with Crippen LogP contribution in [0.1, 0.15) is 55.7 Å². The minimum Gasteiger partial charge on any atom is -0.497 e. The number of aliphatic hydroxyl groups excluding tert-OH is 1. The number of carbonyl (C=O) groups is 3. The summed E-state index contributed by atoms with van der Waals surface area (Å²) in [5.41, 5.74) is 0.919. The number of hydrogen-bond donors (Lipinski definition) is 4. The first-order chi connectivity index (χ1) is 25.0. The summed E-state index contributed by atoms with van der Waals surface area (Å²) < 4.78 is 44.8. The van der Waals surface area contributed by atoms with Gasteiger partial charge in [-0.15, -0.1) is 0 Å². The van der Waals surface area contributed by atoms with Gasteiger partial charge in [-0.25, -0.2) is 8.78 Å². The lowest BCUT2D eigenvalue weighted by molar-refractivity contribution is -0.143. The maximum Gasteiger partial charge on any atom is 0.249 e. The fraction of sp³-hybridized carbons (Fsp3) is 0.462. The molecular formula is C39H46F2N4O7. The van der Waals surface area contributed by atoms with Crippen molar-refractivity contribution in [3.63, 3.8) is 0 Å². The van der Waals surface area contributed by atoms with Gasteiger partial charge in [-0.1, -0.05) is 31.0 Å². The highest BCUT2D eigenvalue weighted by Gasteiger charge is 2.52. The normalized spacial score (nSPS) is 19.6. The number of carbonyl (C=O) groups excluding carboxylic acids is 3. The van der Waals surface area contributed by atoms with E-state index in [0.717, 1.165) is 30.0 Å². The molecule has 2 heterocycles. The Hall–Kier alpha value is -4.75. The molecule has 1 unspecified atom stereocenters. The third kappa shape index (κ3) is 9.18. The summed E-state index contributed by atoms with van der Waals surface area (Å²) in [5.74, 6) is -0.481. The van der Waals surface area contributed by atoms with Crippen molar-refractivity contribution in [3.05, 3.63) is 89.0 Å². The number of aryl methyl sites for hydroxylation is 1. The Labute approximate surface area is 302 Å². The summed E-state index contributed by atoms with van der Waals surface area (Å²) in [4.78, 5) is 42.6. The lowest BCUT2D eigenvalue weighted by Gasteiger charge is -2.33. The van der Waals surface area contributed by atoms with E-state index < -0.39 is 41.3 Å². The maximum absolute atomic E-state index is 14.4. The molecule has 1 saturated heterocycles. The Bertz CT molecular complexity index is 1750. The molecule has 0 radical (unpaired) electrons. The zero-order valence-corrected chi connectivity index (χ0v) is 29.5. The number of fused-ring (bicyclic) bond motifs is 1. The number of methoxy groups -OCH3 is 1. The molecular weight excluding hydrogens is 674 g/mol. The van der Waals surface area contributed by atoms with Gasteiger partial charge in [0.1, 0.15) is 29.0 Å². The van der Waals surface area contributed by atoms with Gasteiger partial charge in [0.2, 0.25) is 24.5 Å². The van der Waals surface area contributed by atoms with Crippen LogP contribution in [0.2, 0.25) is 0 Å². The highest BCUT2D eigenvalue weighted by atomic mass is 19.1. The van der Waals surface area contributed by atoms with Crippen LogP contribution in [0.3, 0.4) is 0 Å². The molecule has 4 atom stereocenters. The van der Waals surface area contributed by atoms with Gasteiger partial charge in [0, 0.05) is 32.6 Å². The van der Waals surface area contributed by atoms with Crippen molar-refractivity contribution in [3.8, 4) is 17.2 Å². The van der Waals surface area contributed by atoms with E-state index in [9.17, 15) is 28.3 Å². The number of nitrogens with one attached hydrogen (secondary N) is 3. The number of aliphatic hydroxyl groups is 1.